The van der Waals surface area contributed by atoms with E-state index >= 15 is 0 Å². The molecule has 1 aliphatic rings. The molecule has 6 heteroatoms. The van der Waals surface area contributed by atoms with Gasteiger partial charge in [0.05, 0.1) is 6.10 Å². The van der Waals surface area contributed by atoms with Crippen molar-refractivity contribution >= 4 is 16.5 Å². The van der Waals surface area contributed by atoms with Gasteiger partial charge in [-0.2, -0.15) is 13.9 Å². The highest BCUT2D eigenvalue weighted by atomic mass is 27.1. The Kier molecular flexibility index (Phi) is 1.56. The zero-order valence-corrected chi connectivity index (χ0v) is 8.46. The highest BCUT2D eigenvalue weighted by Gasteiger charge is 2.47. The van der Waals surface area contributed by atoms with E-state index in [9.17, 15) is 13.9 Å². The third kappa shape index (κ3) is 0.994. The lowest BCUT2D eigenvalue weighted by Crippen LogP contribution is -2.11. The molecule has 0 amide bonds. The SMILES string of the molecule is OC1CC(F)(F)c2n[n]([AlH2])cc21. The van der Waals surface area contributed by atoms with Gasteiger partial charge in [-0.05, 0) is 0 Å². The van der Waals surface area contributed by atoms with E-state index in [1.807, 2.05) is 0 Å². The van der Waals surface area contributed by atoms with E-state index in [0.717, 1.165) is 0 Å². The predicted octanol–water partition coefficient (Wildman–Crippen LogP) is -0.192. The van der Waals surface area contributed by atoms with Crippen LogP contribution in [0.25, 0.3) is 0 Å². The van der Waals surface area contributed by atoms with Gasteiger partial charge in [-0.15, -0.1) is 0 Å². The van der Waals surface area contributed by atoms with Crippen molar-refractivity contribution in [2.45, 2.75) is 18.4 Å². The minimum absolute atomic E-state index is 0.245. The molecule has 0 fully saturated rings. The topological polar surface area (TPSA) is 38.1 Å². The van der Waals surface area contributed by atoms with E-state index in [-0.39, 0.29) is 11.3 Å². The van der Waals surface area contributed by atoms with E-state index < -0.39 is 18.4 Å². The lowest BCUT2D eigenvalue weighted by molar-refractivity contribution is -0.0335. The van der Waals surface area contributed by atoms with Crippen molar-refractivity contribution in [2.24, 2.45) is 0 Å². The molecule has 0 aliphatic heterocycles. The first-order valence-electron chi connectivity index (χ1n) is 3.60. The highest BCUT2D eigenvalue weighted by Crippen LogP contribution is 2.45. The Balaban J connectivity index is 2.56. The molecule has 2 rings (SSSR count). The van der Waals surface area contributed by atoms with Crippen molar-refractivity contribution in [2.75, 3.05) is 0 Å². The minimum Gasteiger partial charge on any atom is -0.388 e. The van der Waals surface area contributed by atoms with Crippen LogP contribution >= 0.6 is 0 Å². The summed E-state index contributed by atoms with van der Waals surface area (Å²) in [6.07, 6.45) is -0.0714. The molecule has 1 aromatic rings. The monoisotopic (exact) mass is 188 g/mol. The second-order valence-electron chi connectivity index (χ2n) is 3.03. The summed E-state index contributed by atoms with van der Waals surface area (Å²) in [6, 6.07) is 0. The van der Waals surface area contributed by atoms with Gasteiger partial charge in [0.2, 0.25) is 0 Å². The molecule has 3 nitrogen and oxygen atoms in total. The first kappa shape index (κ1) is 8.17. The zero-order valence-electron chi connectivity index (χ0n) is 6.46. The van der Waals surface area contributed by atoms with Crippen molar-refractivity contribution in [3.63, 3.8) is 0 Å². The fourth-order valence-corrected chi connectivity index (χ4v) is 1.96. The Labute approximate surface area is 75.6 Å². The second kappa shape index (κ2) is 2.28. The second-order valence-corrected chi connectivity index (χ2v) is 3.95. The van der Waals surface area contributed by atoms with Crippen LogP contribution in [0.1, 0.15) is 23.8 Å². The van der Waals surface area contributed by atoms with Crippen LogP contribution in [-0.2, 0) is 5.92 Å². The van der Waals surface area contributed by atoms with E-state index in [1.54, 1.807) is 0 Å². The molecule has 1 atom stereocenters. The van der Waals surface area contributed by atoms with Crippen molar-refractivity contribution in [1.82, 2.24) is 8.76 Å². The van der Waals surface area contributed by atoms with E-state index in [1.165, 1.54) is 9.86 Å². The summed E-state index contributed by atoms with van der Waals surface area (Å²) >= 11 is 0.563. The van der Waals surface area contributed by atoms with Crippen LogP contribution < -0.4 is 0 Å². The summed E-state index contributed by atoms with van der Waals surface area (Å²) in [4.78, 5) is 0. The maximum Gasteiger partial charge on any atom is 0.397 e. The quantitative estimate of drug-likeness (QED) is 0.573. The minimum atomic E-state index is -2.94. The highest BCUT2D eigenvalue weighted by molar-refractivity contribution is 6.05. The molecule has 1 aromatic heterocycles. The summed E-state index contributed by atoms with van der Waals surface area (Å²) < 4.78 is 27.4. The van der Waals surface area contributed by atoms with Gasteiger partial charge in [-0.3, -0.25) is 0 Å². The van der Waals surface area contributed by atoms with Gasteiger partial charge in [-0.25, -0.2) is 0 Å². The number of nitrogens with zero attached hydrogens (tertiary/aromatic N) is 2. The van der Waals surface area contributed by atoms with Crippen LogP contribution in [-0.4, -0.2) is 30.4 Å². The fourth-order valence-electron chi connectivity index (χ4n) is 1.48. The Morgan fingerprint density at radius 1 is 1.75 bits per heavy atom. The molecule has 1 unspecified atom stereocenters. The van der Waals surface area contributed by atoms with Crippen LogP contribution in [0.4, 0.5) is 8.78 Å². The normalized spacial score (nSPS) is 25.8. The van der Waals surface area contributed by atoms with Crippen LogP contribution in [0.2, 0.25) is 0 Å². The molecule has 0 saturated carbocycles. The summed E-state index contributed by atoms with van der Waals surface area (Å²) in [5.41, 5.74) is 0.0417. The lowest BCUT2D eigenvalue weighted by atomic mass is 10.2. The Bertz CT molecular complexity index is 325. The largest absolute Gasteiger partial charge is 0.397 e. The number of rotatable bonds is 0. The summed E-state index contributed by atoms with van der Waals surface area (Å²) in [7, 11) is 0. The maximum atomic E-state index is 13.0. The average Bonchev–Trinajstić information content (AvgIpc) is 2.37. The molecule has 1 N–H and O–H groups in total. The molecule has 0 saturated heterocycles. The van der Waals surface area contributed by atoms with Gasteiger partial charge in [0.1, 0.15) is 5.69 Å². The number of alkyl halides is 2. The van der Waals surface area contributed by atoms with E-state index in [4.69, 9.17) is 0 Å². The lowest BCUT2D eigenvalue weighted by Gasteiger charge is -2.07. The number of hydrogen-bond acceptors (Lipinski definition) is 2. The van der Waals surface area contributed by atoms with Crippen LogP contribution in [0.5, 0.6) is 0 Å². The van der Waals surface area contributed by atoms with Crippen molar-refractivity contribution < 1.29 is 13.9 Å². The molecule has 1 heterocycles. The number of aliphatic hydroxyl groups excluding tert-OH is 1. The zero-order chi connectivity index (χ0) is 8.93. The van der Waals surface area contributed by atoms with Crippen molar-refractivity contribution in [3.8, 4) is 0 Å². The number of fused-ring (bicyclic) bond motifs is 1. The maximum absolute atomic E-state index is 13.0. The number of halogens is 2. The third-order valence-corrected chi connectivity index (χ3v) is 2.47. The number of aliphatic hydroxyl groups is 1. The molecule has 0 bridgehead atoms. The van der Waals surface area contributed by atoms with Crippen molar-refractivity contribution in [1.29, 1.82) is 0 Å². The van der Waals surface area contributed by atoms with Gasteiger partial charge in [0, 0.05) is 18.2 Å². The van der Waals surface area contributed by atoms with Crippen molar-refractivity contribution in [3.05, 3.63) is 17.5 Å². The molecule has 0 radical (unpaired) electrons. The molecular formula is C6H7AlF2N2O. The summed E-state index contributed by atoms with van der Waals surface area (Å²) in [5, 5.41) is 12.9. The number of aromatic nitrogens is 2. The van der Waals surface area contributed by atoms with Crippen LogP contribution in [0.15, 0.2) is 6.20 Å². The van der Waals surface area contributed by atoms with Crippen LogP contribution in [0, 0.1) is 0 Å². The average molecular weight is 188 g/mol. The Hall–Kier alpha value is -0.438. The summed E-state index contributed by atoms with van der Waals surface area (Å²) in [5.74, 6) is -2.94. The predicted molar refractivity (Wildman–Crippen MR) is 39.6 cm³/mol. The standard InChI is InChI=1S/C6H5F2N2O.Al.2H/c7-6(8)1-4(11)3-2-9-10-5(3)6;;;/h2,4,11H,1H2;;;/q-1;+1;;. The van der Waals surface area contributed by atoms with Crippen LogP contribution in [0.3, 0.4) is 0 Å². The van der Waals surface area contributed by atoms with Gasteiger partial charge >= 0.3 is 16.5 Å². The molecule has 1 aliphatic carbocycles. The Morgan fingerprint density at radius 3 is 3.00 bits per heavy atom. The first-order chi connectivity index (χ1) is 5.50. The van der Waals surface area contributed by atoms with Gasteiger partial charge < -0.3 is 8.77 Å². The van der Waals surface area contributed by atoms with Gasteiger partial charge in [-0.1, -0.05) is 0 Å². The molecule has 64 valence electrons. The molecule has 12 heavy (non-hydrogen) atoms. The Morgan fingerprint density at radius 2 is 2.42 bits per heavy atom. The van der Waals surface area contributed by atoms with E-state index in [2.05, 4.69) is 5.10 Å². The first-order valence-corrected chi connectivity index (χ1v) is 4.50. The smallest absolute Gasteiger partial charge is 0.388 e. The molecular weight excluding hydrogens is 181 g/mol. The molecule has 0 spiro atoms. The molecule has 0 aromatic carbocycles. The number of hydrogen-bond donors (Lipinski definition) is 1. The van der Waals surface area contributed by atoms with Gasteiger partial charge in [0.25, 0.3) is 5.92 Å². The third-order valence-electron chi connectivity index (χ3n) is 2.01. The van der Waals surface area contributed by atoms with E-state index in [0.29, 0.717) is 16.5 Å². The van der Waals surface area contributed by atoms with Gasteiger partial charge in [0.15, 0.2) is 0 Å². The summed E-state index contributed by atoms with van der Waals surface area (Å²) in [6.45, 7) is 0. The fraction of sp³-hybridized carbons (Fsp3) is 0.500.